The second-order valence-electron chi connectivity index (χ2n) is 21.2. The topological polar surface area (TPSA) is 78.9 Å². The maximum atomic E-state index is 12.9. The van der Waals surface area contributed by atoms with Crippen LogP contribution in [-0.2, 0) is 28.6 Å². The zero-order valence-electron chi connectivity index (χ0n) is 53.1. The summed E-state index contributed by atoms with van der Waals surface area (Å²) < 4.78 is 16.9. The minimum atomic E-state index is -0.833. The zero-order valence-corrected chi connectivity index (χ0v) is 53.1. The molecule has 0 aromatic rings. The van der Waals surface area contributed by atoms with Crippen LogP contribution in [0.2, 0.25) is 0 Å². The number of allylic oxidation sites excluding steroid dienone is 30. The van der Waals surface area contributed by atoms with Crippen LogP contribution in [0.25, 0.3) is 0 Å². The van der Waals surface area contributed by atoms with E-state index in [9.17, 15) is 14.4 Å². The van der Waals surface area contributed by atoms with Crippen molar-refractivity contribution in [1.29, 1.82) is 0 Å². The van der Waals surface area contributed by atoms with Crippen LogP contribution in [0.5, 0.6) is 0 Å². The number of carbonyl (C=O) groups excluding carboxylic acids is 3. The lowest BCUT2D eigenvalue weighted by Gasteiger charge is -2.18. The first kappa shape index (κ1) is 77.5. The van der Waals surface area contributed by atoms with E-state index in [1.807, 2.05) is 6.08 Å². The van der Waals surface area contributed by atoms with Gasteiger partial charge in [-0.15, -0.1) is 0 Å². The lowest BCUT2D eigenvalue weighted by Crippen LogP contribution is -2.30. The average Bonchev–Trinajstić information content (AvgIpc) is 3.49. The molecule has 0 rings (SSSR count). The second-order valence-corrected chi connectivity index (χ2v) is 21.2. The van der Waals surface area contributed by atoms with Gasteiger partial charge in [-0.1, -0.05) is 287 Å². The quantitative estimate of drug-likeness (QED) is 0.0261. The van der Waals surface area contributed by atoms with Gasteiger partial charge in [-0.3, -0.25) is 14.4 Å². The highest BCUT2D eigenvalue weighted by molar-refractivity contribution is 5.71. The Balaban J connectivity index is 4.53. The van der Waals surface area contributed by atoms with Crippen LogP contribution in [0.1, 0.15) is 265 Å². The van der Waals surface area contributed by atoms with Gasteiger partial charge in [0.25, 0.3) is 0 Å². The van der Waals surface area contributed by atoms with Crippen molar-refractivity contribution in [2.45, 2.75) is 271 Å². The van der Waals surface area contributed by atoms with Gasteiger partial charge in [-0.05, 0) is 141 Å². The van der Waals surface area contributed by atoms with Gasteiger partial charge >= 0.3 is 17.9 Å². The lowest BCUT2D eigenvalue weighted by atomic mass is 10.0. The molecule has 1 atom stereocenters. The van der Waals surface area contributed by atoms with Crippen LogP contribution < -0.4 is 0 Å². The summed E-state index contributed by atoms with van der Waals surface area (Å²) in [7, 11) is 0. The summed E-state index contributed by atoms with van der Waals surface area (Å²) in [6.07, 6.45) is 103. The predicted octanol–water partition coefficient (Wildman–Crippen LogP) is 23.2. The Kier molecular flexibility index (Phi) is 64.4. The van der Waals surface area contributed by atoms with Crippen LogP contribution >= 0.6 is 0 Å². The first-order valence-corrected chi connectivity index (χ1v) is 33.3. The van der Waals surface area contributed by atoms with E-state index in [0.29, 0.717) is 12.8 Å². The van der Waals surface area contributed by atoms with E-state index >= 15 is 0 Å². The summed E-state index contributed by atoms with van der Waals surface area (Å²) in [5.41, 5.74) is 0. The maximum Gasteiger partial charge on any atom is 0.306 e. The molecule has 0 radical (unpaired) electrons. The molecule has 0 bridgehead atoms. The van der Waals surface area contributed by atoms with Crippen LogP contribution in [0.4, 0.5) is 0 Å². The summed E-state index contributed by atoms with van der Waals surface area (Å²) in [6.45, 7) is 6.22. The normalized spacial score (nSPS) is 13.3. The molecular weight excluding hydrogens is 1020 g/mol. The SMILES string of the molecule is CC/C=C\C/C=C\C/C=C\C/C=C\C/C=C\C/C=C\CCC(=O)OCC(COC(=O)CCCCCCCCCCCCCC/C=C\C/C=C\C/C=C\C/C=C\CC)OC(=O)CCCCCCC/C=C\C/C=C\C/C=C\C/C=C\C/C=C\CC. The van der Waals surface area contributed by atoms with Crippen LogP contribution in [0, 0.1) is 0 Å². The Morgan fingerprint density at radius 1 is 0.241 bits per heavy atom. The fraction of sp³-hybridized carbons (Fsp3) is 0.571. The van der Waals surface area contributed by atoms with E-state index < -0.39 is 6.10 Å². The molecule has 1 unspecified atom stereocenters. The van der Waals surface area contributed by atoms with E-state index in [4.69, 9.17) is 14.2 Å². The third-order valence-corrected chi connectivity index (χ3v) is 13.4. The highest BCUT2D eigenvalue weighted by Gasteiger charge is 2.19. The van der Waals surface area contributed by atoms with E-state index in [-0.39, 0.29) is 44.0 Å². The van der Waals surface area contributed by atoms with Gasteiger partial charge in [0.2, 0.25) is 0 Å². The number of hydrogen-bond donors (Lipinski definition) is 0. The number of rotatable bonds is 58. The average molecular weight is 1140 g/mol. The minimum Gasteiger partial charge on any atom is -0.462 e. The summed E-state index contributed by atoms with van der Waals surface area (Å²) in [6, 6.07) is 0. The van der Waals surface area contributed by atoms with Crippen LogP contribution in [-0.4, -0.2) is 37.2 Å². The maximum absolute atomic E-state index is 12.9. The summed E-state index contributed by atoms with van der Waals surface area (Å²) in [5, 5.41) is 0. The van der Waals surface area contributed by atoms with Gasteiger partial charge in [0.1, 0.15) is 13.2 Å². The molecular formula is C77H120O6. The van der Waals surface area contributed by atoms with Crippen molar-refractivity contribution in [3.8, 4) is 0 Å². The van der Waals surface area contributed by atoms with E-state index in [1.165, 1.54) is 64.2 Å². The summed E-state index contributed by atoms with van der Waals surface area (Å²) >= 11 is 0. The largest absolute Gasteiger partial charge is 0.462 e. The highest BCUT2D eigenvalue weighted by atomic mass is 16.6. The fourth-order valence-corrected chi connectivity index (χ4v) is 8.55. The molecule has 0 amide bonds. The summed E-state index contributed by atoms with van der Waals surface area (Å²) in [5.74, 6) is -1.03. The Morgan fingerprint density at radius 3 is 0.747 bits per heavy atom. The first-order chi connectivity index (χ1) is 41.0. The van der Waals surface area contributed by atoms with Gasteiger partial charge in [0.05, 0.1) is 0 Å². The predicted molar refractivity (Wildman–Crippen MR) is 361 cm³/mol. The fourth-order valence-electron chi connectivity index (χ4n) is 8.55. The first-order valence-electron chi connectivity index (χ1n) is 33.3. The molecule has 0 saturated carbocycles. The van der Waals surface area contributed by atoms with Gasteiger partial charge in [0.15, 0.2) is 6.10 Å². The van der Waals surface area contributed by atoms with Crippen molar-refractivity contribution in [3.63, 3.8) is 0 Å². The Bertz CT molecular complexity index is 1940. The van der Waals surface area contributed by atoms with Gasteiger partial charge in [-0.2, -0.15) is 0 Å². The van der Waals surface area contributed by atoms with Crippen LogP contribution in [0.15, 0.2) is 182 Å². The molecule has 0 N–H and O–H groups in total. The van der Waals surface area contributed by atoms with E-state index in [2.05, 4.69) is 197 Å². The number of unbranched alkanes of at least 4 members (excludes halogenated alkanes) is 17. The van der Waals surface area contributed by atoms with Gasteiger partial charge < -0.3 is 14.2 Å². The molecule has 0 aromatic carbocycles. The monoisotopic (exact) mass is 1140 g/mol. The smallest absolute Gasteiger partial charge is 0.306 e. The zero-order chi connectivity index (χ0) is 59.9. The van der Waals surface area contributed by atoms with E-state index in [0.717, 1.165) is 154 Å². The second kappa shape index (κ2) is 69.0. The standard InChI is InChI=1S/C77H120O6/c1-4-7-10-13-16-19-22-25-28-31-34-36-37-38-39-41-43-46-49-52-55-58-61-64-67-70-76(79)82-73-74(72-81-75(78)69-66-63-60-57-54-51-48-45-42-33-30-27-24-21-18-15-12-9-6-3)83-77(80)71-68-65-62-59-56-53-50-47-44-40-35-32-29-26-23-20-17-14-11-8-5-2/h7-12,16-21,25-30,34-36,40,42,45,47,50-51,54,60,63,74H,4-6,13-15,22-24,31-33,37-39,41,43-44,46,48-49,52-53,55-59,61-62,64-73H2,1-3H3/b10-7-,11-8-,12-9-,19-16-,20-17-,21-18-,28-25-,29-26-,30-27-,36-34-,40-35-,45-42-,50-47-,54-51-,63-60-. The molecule has 0 aliphatic heterocycles. The number of ether oxygens (including phenoxy) is 3. The van der Waals surface area contributed by atoms with Crippen LogP contribution in [0.3, 0.4) is 0 Å². The molecule has 0 heterocycles. The van der Waals surface area contributed by atoms with Crippen molar-refractivity contribution in [2.24, 2.45) is 0 Å². The van der Waals surface area contributed by atoms with Crippen molar-refractivity contribution in [2.75, 3.05) is 13.2 Å². The third kappa shape index (κ3) is 67.2. The minimum absolute atomic E-state index is 0.119. The third-order valence-electron chi connectivity index (χ3n) is 13.4. The highest BCUT2D eigenvalue weighted by Crippen LogP contribution is 2.15. The Morgan fingerprint density at radius 2 is 0.458 bits per heavy atom. The molecule has 83 heavy (non-hydrogen) atoms. The molecule has 6 heteroatoms. The van der Waals surface area contributed by atoms with Gasteiger partial charge in [0, 0.05) is 19.3 Å². The molecule has 0 fully saturated rings. The molecule has 0 saturated heterocycles. The number of hydrogen-bond acceptors (Lipinski definition) is 6. The van der Waals surface area contributed by atoms with E-state index in [1.54, 1.807) is 0 Å². The van der Waals surface area contributed by atoms with Gasteiger partial charge in [-0.25, -0.2) is 0 Å². The number of carbonyl (C=O) groups is 3. The molecule has 0 spiro atoms. The molecule has 464 valence electrons. The molecule has 6 nitrogen and oxygen atoms in total. The molecule has 0 aliphatic carbocycles. The Labute approximate surface area is 510 Å². The van der Waals surface area contributed by atoms with Crippen molar-refractivity contribution in [3.05, 3.63) is 182 Å². The Hall–Kier alpha value is -5.49. The lowest BCUT2D eigenvalue weighted by molar-refractivity contribution is -0.166. The number of esters is 3. The van der Waals surface area contributed by atoms with Crippen molar-refractivity contribution >= 4 is 17.9 Å². The van der Waals surface area contributed by atoms with Crippen molar-refractivity contribution in [1.82, 2.24) is 0 Å². The molecule has 0 aliphatic rings. The molecule has 0 aromatic heterocycles. The van der Waals surface area contributed by atoms with Crippen molar-refractivity contribution < 1.29 is 28.6 Å². The summed E-state index contributed by atoms with van der Waals surface area (Å²) in [4.78, 5) is 38.4.